The molecule has 1 aromatic rings. The Balaban J connectivity index is 2.09. The summed E-state index contributed by atoms with van der Waals surface area (Å²) < 4.78 is 7.55. The SMILES string of the molecule is CC(C)OCCCCNC(C)c1nccn1C. The molecule has 1 unspecified atom stereocenters. The van der Waals surface area contributed by atoms with Crippen LogP contribution >= 0.6 is 0 Å². The van der Waals surface area contributed by atoms with Gasteiger partial charge >= 0.3 is 0 Å². The maximum atomic E-state index is 5.50. The van der Waals surface area contributed by atoms with E-state index in [1.54, 1.807) is 0 Å². The summed E-state index contributed by atoms with van der Waals surface area (Å²) in [5.41, 5.74) is 0. The van der Waals surface area contributed by atoms with Gasteiger partial charge in [0, 0.05) is 26.0 Å². The molecule has 0 radical (unpaired) electrons. The van der Waals surface area contributed by atoms with Crippen molar-refractivity contribution in [3.05, 3.63) is 18.2 Å². The molecular weight excluding hydrogens is 214 g/mol. The summed E-state index contributed by atoms with van der Waals surface area (Å²) >= 11 is 0. The van der Waals surface area contributed by atoms with Gasteiger partial charge in [0.2, 0.25) is 0 Å². The van der Waals surface area contributed by atoms with Crippen molar-refractivity contribution in [2.45, 2.75) is 45.8 Å². The molecule has 4 nitrogen and oxygen atoms in total. The van der Waals surface area contributed by atoms with E-state index in [0.29, 0.717) is 12.1 Å². The van der Waals surface area contributed by atoms with Gasteiger partial charge in [-0.2, -0.15) is 0 Å². The Labute approximate surface area is 104 Å². The first kappa shape index (κ1) is 14.2. The summed E-state index contributed by atoms with van der Waals surface area (Å²) in [6.07, 6.45) is 6.41. The fraction of sp³-hybridized carbons (Fsp3) is 0.769. The van der Waals surface area contributed by atoms with Crippen LogP contribution in [0.3, 0.4) is 0 Å². The molecule has 0 bridgehead atoms. The minimum atomic E-state index is 0.306. The average molecular weight is 239 g/mol. The predicted octanol–water partition coefficient (Wildman–Crippen LogP) is 2.28. The summed E-state index contributed by atoms with van der Waals surface area (Å²) in [7, 11) is 2.02. The molecule has 1 aromatic heterocycles. The van der Waals surface area contributed by atoms with Gasteiger partial charge in [-0.3, -0.25) is 0 Å². The Kier molecular flexibility index (Phi) is 6.22. The smallest absolute Gasteiger partial charge is 0.125 e. The van der Waals surface area contributed by atoms with E-state index in [9.17, 15) is 0 Å². The second-order valence-corrected chi connectivity index (χ2v) is 4.70. The van der Waals surface area contributed by atoms with E-state index in [1.807, 2.05) is 19.4 Å². The van der Waals surface area contributed by atoms with Crippen LogP contribution in [-0.2, 0) is 11.8 Å². The number of rotatable bonds is 8. The molecule has 0 spiro atoms. The van der Waals surface area contributed by atoms with E-state index >= 15 is 0 Å². The lowest BCUT2D eigenvalue weighted by Gasteiger charge is -2.13. The van der Waals surface area contributed by atoms with Gasteiger partial charge in [0.15, 0.2) is 0 Å². The molecule has 1 heterocycles. The van der Waals surface area contributed by atoms with Crippen LogP contribution in [0.25, 0.3) is 0 Å². The second kappa shape index (κ2) is 7.45. The number of aromatic nitrogens is 2. The summed E-state index contributed by atoms with van der Waals surface area (Å²) in [5.74, 6) is 1.09. The predicted molar refractivity (Wildman–Crippen MR) is 69.9 cm³/mol. The highest BCUT2D eigenvalue weighted by Crippen LogP contribution is 2.08. The van der Waals surface area contributed by atoms with E-state index in [1.165, 1.54) is 0 Å². The number of hydrogen-bond acceptors (Lipinski definition) is 3. The number of aryl methyl sites for hydroxylation is 1. The van der Waals surface area contributed by atoms with Gasteiger partial charge in [-0.15, -0.1) is 0 Å². The second-order valence-electron chi connectivity index (χ2n) is 4.70. The monoisotopic (exact) mass is 239 g/mol. The van der Waals surface area contributed by atoms with Crippen LogP contribution < -0.4 is 5.32 Å². The molecule has 0 aliphatic carbocycles. The Hall–Kier alpha value is -0.870. The summed E-state index contributed by atoms with van der Waals surface area (Å²) in [5, 5.41) is 3.48. The molecule has 4 heteroatoms. The summed E-state index contributed by atoms with van der Waals surface area (Å²) in [6, 6.07) is 0.306. The molecule has 0 aliphatic rings. The Morgan fingerprint density at radius 2 is 2.12 bits per heavy atom. The van der Waals surface area contributed by atoms with Crippen molar-refractivity contribution in [1.29, 1.82) is 0 Å². The lowest BCUT2D eigenvalue weighted by Crippen LogP contribution is -2.22. The number of nitrogens with one attached hydrogen (secondary N) is 1. The third kappa shape index (κ3) is 5.33. The molecule has 0 fully saturated rings. The lowest BCUT2D eigenvalue weighted by molar-refractivity contribution is 0.0759. The van der Waals surface area contributed by atoms with Gasteiger partial charge in [-0.05, 0) is 40.2 Å². The molecule has 0 aromatic carbocycles. The topological polar surface area (TPSA) is 39.1 Å². The van der Waals surface area contributed by atoms with Crippen LogP contribution in [0, 0.1) is 0 Å². The van der Waals surface area contributed by atoms with E-state index in [2.05, 4.69) is 35.6 Å². The van der Waals surface area contributed by atoms with Crippen molar-refractivity contribution in [1.82, 2.24) is 14.9 Å². The molecule has 0 amide bonds. The standard InChI is InChI=1S/C13H25N3O/c1-11(2)17-10-6-5-7-14-12(3)13-15-8-9-16(13)4/h8-9,11-12,14H,5-7,10H2,1-4H3. The van der Waals surface area contributed by atoms with Crippen LogP contribution in [0.4, 0.5) is 0 Å². The highest BCUT2D eigenvalue weighted by atomic mass is 16.5. The Morgan fingerprint density at radius 1 is 1.35 bits per heavy atom. The number of nitrogens with zero attached hydrogens (tertiary/aromatic N) is 2. The number of hydrogen-bond donors (Lipinski definition) is 1. The van der Waals surface area contributed by atoms with Gasteiger partial charge in [-0.25, -0.2) is 4.98 Å². The van der Waals surface area contributed by atoms with E-state index in [-0.39, 0.29) is 0 Å². The average Bonchev–Trinajstić information content (AvgIpc) is 2.69. The van der Waals surface area contributed by atoms with Crippen LogP contribution in [-0.4, -0.2) is 28.8 Å². The zero-order chi connectivity index (χ0) is 12.7. The van der Waals surface area contributed by atoms with Crippen molar-refractivity contribution in [3.8, 4) is 0 Å². The first-order chi connectivity index (χ1) is 8.11. The largest absolute Gasteiger partial charge is 0.379 e. The Bertz CT molecular complexity index is 309. The van der Waals surface area contributed by atoms with Crippen molar-refractivity contribution >= 4 is 0 Å². The lowest BCUT2D eigenvalue weighted by atomic mass is 10.2. The first-order valence-electron chi connectivity index (χ1n) is 6.43. The van der Waals surface area contributed by atoms with Crippen LogP contribution in [0.5, 0.6) is 0 Å². The fourth-order valence-electron chi connectivity index (χ4n) is 1.75. The highest BCUT2D eigenvalue weighted by molar-refractivity contribution is 4.96. The van der Waals surface area contributed by atoms with E-state index < -0.39 is 0 Å². The van der Waals surface area contributed by atoms with Gasteiger partial charge in [0.05, 0.1) is 12.1 Å². The minimum Gasteiger partial charge on any atom is -0.379 e. The molecule has 1 N–H and O–H groups in total. The van der Waals surface area contributed by atoms with Crippen molar-refractivity contribution in [2.24, 2.45) is 7.05 Å². The molecule has 1 rings (SSSR count). The van der Waals surface area contributed by atoms with Crippen LogP contribution in [0.1, 0.15) is 45.5 Å². The molecule has 0 saturated carbocycles. The highest BCUT2D eigenvalue weighted by Gasteiger charge is 2.08. The zero-order valence-electron chi connectivity index (χ0n) is 11.4. The van der Waals surface area contributed by atoms with Crippen LogP contribution in [0.2, 0.25) is 0 Å². The maximum Gasteiger partial charge on any atom is 0.125 e. The first-order valence-corrected chi connectivity index (χ1v) is 6.43. The number of imidazole rings is 1. The molecule has 0 saturated heterocycles. The molecule has 0 aliphatic heterocycles. The normalized spacial score (nSPS) is 13.2. The third-order valence-corrected chi connectivity index (χ3v) is 2.72. The minimum absolute atomic E-state index is 0.306. The molecule has 17 heavy (non-hydrogen) atoms. The van der Waals surface area contributed by atoms with Gasteiger partial charge in [0.1, 0.15) is 5.82 Å². The van der Waals surface area contributed by atoms with Gasteiger partial charge < -0.3 is 14.6 Å². The van der Waals surface area contributed by atoms with E-state index in [4.69, 9.17) is 4.74 Å². The summed E-state index contributed by atoms with van der Waals surface area (Å²) in [6.45, 7) is 8.15. The zero-order valence-corrected chi connectivity index (χ0v) is 11.4. The van der Waals surface area contributed by atoms with Crippen molar-refractivity contribution < 1.29 is 4.74 Å². The van der Waals surface area contributed by atoms with Crippen molar-refractivity contribution in [3.63, 3.8) is 0 Å². The van der Waals surface area contributed by atoms with E-state index in [0.717, 1.165) is 31.8 Å². The summed E-state index contributed by atoms with van der Waals surface area (Å²) in [4.78, 5) is 4.33. The third-order valence-electron chi connectivity index (χ3n) is 2.72. The number of ether oxygens (including phenoxy) is 1. The number of unbranched alkanes of at least 4 members (excludes halogenated alkanes) is 1. The maximum absolute atomic E-state index is 5.50. The Morgan fingerprint density at radius 3 is 2.71 bits per heavy atom. The molecule has 1 atom stereocenters. The van der Waals surface area contributed by atoms with Gasteiger partial charge in [0.25, 0.3) is 0 Å². The van der Waals surface area contributed by atoms with Gasteiger partial charge in [-0.1, -0.05) is 0 Å². The quantitative estimate of drug-likeness (QED) is 0.707. The fourth-order valence-corrected chi connectivity index (χ4v) is 1.75. The van der Waals surface area contributed by atoms with Crippen LogP contribution in [0.15, 0.2) is 12.4 Å². The van der Waals surface area contributed by atoms with Crippen molar-refractivity contribution in [2.75, 3.05) is 13.2 Å². The molecular formula is C13H25N3O. The molecule has 98 valence electrons.